The molecule has 2 N–H and O–H groups in total. The fourth-order valence-corrected chi connectivity index (χ4v) is 2.69. The van der Waals surface area contributed by atoms with Crippen LogP contribution >= 0.6 is 0 Å². The average Bonchev–Trinajstić information content (AvgIpc) is 2.74. The predicted molar refractivity (Wildman–Crippen MR) is 81.3 cm³/mol. The summed E-state index contributed by atoms with van der Waals surface area (Å²) >= 11 is 0. The van der Waals surface area contributed by atoms with Gasteiger partial charge in [0, 0.05) is 12.1 Å². The molecule has 1 atom stereocenters. The highest BCUT2D eigenvalue weighted by Crippen LogP contribution is 2.38. The third-order valence-electron chi connectivity index (χ3n) is 3.59. The van der Waals surface area contributed by atoms with Crippen LogP contribution in [0.25, 0.3) is 6.08 Å². The van der Waals surface area contributed by atoms with Crippen molar-refractivity contribution in [2.45, 2.75) is 12.6 Å². The van der Waals surface area contributed by atoms with Gasteiger partial charge in [0.2, 0.25) is 0 Å². The Hall–Kier alpha value is -2.06. The summed E-state index contributed by atoms with van der Waals surface area (Å²) in [6, 6.07) is 14.5. The van der Waals surface area contributed by atoms with E-state index in [9.17, 15) is 0 Å². The van der Waals surface area contributed by atoms with E-state index in [1.165, 1.54) is 11.3 Å². The van der Waals surface area contributed by atoms with Crippen molar-refractivity contribution in [1.29, 1.82) is 0 Å². The summed E-state index contributed by atoms with van der Waals surface area (Å²) in [5, 5.41) is 0. The van der Waals surface area contributed by atoms with Crippen LogP contribution in [0.15, 0.2) is 49.0 Å². The van der Waals surface area contributed by atoms with E-state index in [0.717, 1.165) is 23.2 Å². The molecular formula is C17H17N2. The van der Waals surface area contributed by atoms with E-state index in [0.29, 0.717) is 0 Å². The van der Waals surface area contributed by atoms with Crippen LogP contribution in [0.3, 0.4) is 0 Å². The summed E-state index contributed by atoms with van der Waals surface area (Å²) in [7, 11) is 0. The van der Waals surface area contributed by atoms with Crippen LogP contribution in [-0.4, -0.2) is 6.17 Å². The van der Waals surface area contributed by atoms with Crippen LogP contribution < -0.4 is 10.6 Å². The molecule has 1 unspecified atom stereocenters. The largest absolute Gasteiger partial charge is 0.324 e. The number of anilines is 2. The minimum absolute atomic E-state index is 0.0297. The first-order valence-corrected chi connectivity index (χ1v) is 6.42. The number of nitrogens with zero attached hydrogens (tertiary/aromatic N) is 1. The van der Waals surface area contributed by atoms with Crippen LogP contribution in [0.2, 0.25) is 0 Å². The van der Waals surface area contributed by atoms with Crippen LogP contribution in [0.1, 0.15) is 16.7 Å². The SMILES string of the molecule is [CH2]c1ccc(C=C)c(N2c3ccccc3CC2N)c1. The molecule has 0 fully saturated rings. The fourth-order valence-electron chi connectivity index (χ4n) is 2.69. The first-order valence-electron chi connectivity index (χ1n) is 6.42. The molecule has 0 saturated carbocycles. The second-order valence-electron chi connectivity index (χ2n) is 4.87. The molecule has 0 amide bonds. The normalized spacial score (nSPS) is 17.4. The Morgan fingerprint density at radius 3 is 2.74 bits per heavy atom. The summed E-state index contributed by atoms with van der Waals surface area (Å²) < 4.78 is 0. The lowest BCUT2D eigenvalue weighted by Gasteiger charge is -2.27. The zero-order valence-electron chi connectivity index (χ0n) is 10.8. The first kappa shape index (κ1) is 12.0. The highest BCUT2D eigenvalue weighted by Gasteiger charge is 2.28. The highest BCUT2D eigenvalue weighted by atomic mass is 15.2. The van der Waals surface area contributed by atoms with Gasteiger partial charge in [-0.3, -0.25) is 0 Å². The van der Waals surface area contributed by atoms with Crippen molar-refractivity contribution in [3.05, 3.63) is 72.7 Å². The van der Waals surface area contributed by atoms with E-state index in [1.54, 1.807) is 0 Å². The Morgan fingerprint density at radius 2 is 1.95 bits per heavy atom. The van der Waals surface area contributed by atoms with Crippen molar-refractivity contribution < 1.29 is 0 Å². The molecule has 2 nitrogen and oxygen atoms in total. The number of rotatable bonds is 2. The van der Waals surface area contributed by atoms with E-state index >= 15 is 0 Å². The lowest BCUT2D eigenvalue weighted by molar-refractivity contribution is 0.722. The predicted octanol–water partition coefficient (Wildman–Crippen LogP) is 3.49. The van der Waals surface area contributed by atoms with Gasteiger partial charge in [0.25, 0.3) is 0 Å². The summed E-state index contributed by atoms with van der Waals surface area (Å²) in [5.41, 5.74) is 11.9. The zero-order valence-corrected chi connectivity index (χ0v) is 10.8. The molecule has 0 aromatic heterocycles. The number of nitrogens with two attached hydrogens (primary N) is 1. The Morgan fingerprint density at radius 1 is 1.16 bits per heavy atom. The second kappa shape index (κ2) is 4.56. The third-order valence-corrected chi connectivity index (χ3v) is 3.59. The van der Waals surface area contributed by atoms with Gasteiger partial charge < -0.3 is 10.6 Å². The summed E-state index contributed by atoms with van der Waals surface area (Å²) in [6.07, 6.45) is 2.70. The number of hydrogen-bond acceptors (Lipinski definition) is 2. The molecule has 2 aromatic carbocycles. The maximum Gasteiger partial charge on any atom is 0.0862 e. The van der Waals surface area contributed by atoms with Crippen molar-refractivity contribution in [1.82, 2.24) is 0 Å². The molecule has 0 aliphatic carbocycles. The van der Waals surface area contributed by atoms with E-state index < -0.39 is 0 Å². The lowest BCUT2D eigenvalue weighted by Crippen LogP contribution is -2.36. The molecule has 0 bridgehead atoms. The Balaban J connectivity index is 2.17. The number of benzene rings is 2. The van der Waals surface area contributed by atoms with Crippen LogP contribution in [0, 0.1) is 6.92 Å². The molecule has 1 radical (unpaired) electrons. The summed E-state index contributed by atoms with van der Waals surface area (Å²) in [5.74, 6) is 0. The van der Waals surface area contributed by atoms with Gasteiger partial charge >= 0.3 is 0 Å². The molecule has 1 aliphatic rings. The molecule has 0 saturated heterocycles. The molecule has 2 aromatic rings. The summed E-state index contributed by atoms with van der Waals surface area (Å²) in [4.78, 5) is 2.18. The number of fused-ring (bicyclic) bond motifs is 1. The van der Waals surface area contributed by atoms with E-state index in [2.05, 4.69) is 42.7 Å². The highest BCUT2D eigenvalue weighted by molar-refractivity contribution is 5.78. The second-order valence-corrected chi connectivity index (χ2v) is 4.87. The minimum atomic E-state index is -0.0297. The van der Waals surface area contributed by atoms with Crippen LogP contribution in [-0.2, 0) is 6.42 Å². The molecule has 2 heteroatoms. The monoisotopic (exact) mass is 249 g/mol. The topological polar surface area (TPSA) is 29.3 Å². The van der Waals surface area contributed by atoms with Crippen molar-refractivity contribution in [3.63, 3.8) is 0 Å². The quantitative estimate of drug-likeness (QED) is 0.882. The maximum absolute atomic E-state index is 6.31. The Bertz CT molecular complexity index is 631. The van der Waals surface area contributed by atoms with Crippen LogP contribution in [0.5, 0.6) is 0 Å². The lowest BCUT2D eigenvalue weighted by atomic mass is 10.1. The molecular weight excluding hydrogens is 232 g/mol. The van der Waals surface area contributed by atoms with E-state index in [4.69, 9.17) is 5.73 Å². The molecule has 3 rings (SSSR count). The van der Waals surface area contributed by atoms with Gasteiger partial charge in [0.1, 0.15) is 0 Å². The van der Waals surface area contributed by atoms with Crippen molar-refractivity contribution in [3.8, 4) is 0 Å². The van der Waals surface area contributed by atoms with Gasteiger partial charge in [-0.05, 0) is 35.7 Å². The Labute approximate surface area is 114 Å². The van der Waals surface area contributed by atoms with E-state index in [-0.39, 0.29) is 6.17 Å². The zero-order chi connectivity index (χ0) is 13.4. The van der Waals surface area contributed by atoms with Gasteiger partial charge in [-0.1, -0.05) is 43.0 Å². The smallest absolute Gasteiger partial charge is 0.0862 e. The third kappa shape index (κ3) is 1.94. The standard InChI is InChI=1S/C17H17N2/c1-3-13-9-8-12(2)10-16(13)19-15-7-5-4-6-14(15)11-17(19)18/h3-10,17H,1-2,11,18H2. The number of para-hydroxylation sites is 1. The van der Waals surface area contributed by atoms with Gasteiger partial charge in [-0.25, -0.2) is 0 Å². The molecule has 0 spiro atoms. The Kier molecular flexibility index (Phi) is 2.88. The first-order chi connectivity index (χ1) is 9.20. The fraction of sp³-hybridized carbons (Fsp3) is 0.118. The van der Waals surface area contributed by atoms with Crippen molar-refractivity contribution in [2.75, 3.05) is 4.90 Å². The summed E-state index contributed by atoms with van der Waals surface area (Å²) in [6.45, 7) is 7.89. The molecule has 1 aliphatic heterocycles. The van der Waals surface area contributed by atoms with Crippen molar-refractivity contribution >= 4 is 17.5 Å². The van der Waals surface area contributed by atoms with Gasteiger partial charge in [-0.15, -0.1) is 0 Å². The maximum atomic E-state index is 6.31. The molecule has 1 heterocycles. The van der Waals surface area contributed by atoms with Gasteiger partial charge in [0.05, 0.1) is 11.9 Å². The van der Waals surface area contributed by atoms with E-state index in [1.807, 2.05) is 24.3 Å². The van der Waals surface area contributed by atoms with Gasteiger partial charge in [-0.2, -0.15) is 0 Å². The van der Waals surface area contributed by atoms with Crippen molar-refractivity contribution in [2.24, 2.45) is 5.73 Å². The average molecular weight is 249 g/mol. The molecule has 19 heavy (non-hydrogen) atoms. The molecule has 95 valence electrons. The van der Waals surface area contributed by atoms with Gasteiger partial charge in [0.15, 0.2) is 0 Å². The number of hydrogen-bond donors (Lipinski definition) is 1. The van der Waals surface area contributed by atoms with Crippen LogP contribution in [0.4, 0.5) is 11.4 Å². The minimum Gasteiger partial charge on any atom is -0.324 e.